The minimum atomic E-state index is -0.0352. The Hall–Kier alpha value is -2.10. The lowest BCUT2D eigenvalue weighted by Crippen LogP contribution is -2.53. The number of amides is 2. The molecule has 0 spiro atoms. The maximum atomic E-state index is 11.8. The molecule has 0 radical (unpaired) electrons. The summed E-state index contributed by atoms with van der Waals surface area (Å²) in [7, 11) is 0. The van der Waals surface area contributed by atoms with Crippen LogP contribution in [-0.4, -0.2) is 29.0 Å². The molecule has 4 nitrogen and oxygen atoms in total. The Labute approximate surface area is 107 Å². The van der Waals surface area contributed by atoms with Crippen molar-refractivity contribution in [2.24, 2.45) is 5.92 Å². The maximum Gasteiger partial charge on any atom is 0.317 e. The molecular formula is C14H17N3O. The van der Waals surface area contributed by atoms with Crippen LogP contribution in [0.4, 0.5) is 4.79 Å². The molecule has 1 fully saturated rings. The molecule has 1 saturated heterocycles. The standard InChI is InChI=1S/C14H17N3O/c1-3-11(2)13-9-17(10-13)14(18)16-8-12-5-4-6-15-7-12/h3-7,13H,1-2,8-10H2,(H,16,18). The molecule has 1 N–H and O–H groups in total. The lowest BCUT2D eigenvalue weighted by Gasteiger charge is -2.39. The number of carbonyl (C=O) groups excluding carboxylic acids is 1. The minimum absolute atomic E-state index is 0.0352. The van der Waals surface area contributed by atoms with Crippen LogP contribution in [0, 0.1) is 5.92 Å². The number of likely N-dealkylation sites (tertiary alicyclic amines) is 1. The van der Waals surface area contributed by atoms with Crippen LogP contribution < -0.4 is 5.32 Å². The largest absolute Gasteiger partial charge is 0.334 e. The van der Waals surface area contributed by atoms with Gasteiger partial charge in [0.2, 0.25) is 0 Å². The summed E-state index contributed by atoms with van der Waals surface area (Å²) in [6.07, 6.45) is 5.22. The van der Waals surface area contributed by atoms with E-state index in [4.69, 9.17) is 0 Å². The molecule has 4 heteroatoms. The van der Waals surface area contributed by atoms with Gasteiger partial charge in [-0.1, -0.05) is 25.3 Å². The highest BCUT2D eigenvalue weighted by atomic mass is 16.2. The van der Waals surface area contributed by atoms with Gasteiger partial charge in [-0.15, -0.1) is 0 Å². The van der Waals surface area contributed by atoms with E-state index in [9.17, 15) is 4.79 Å². The first-order chi connectivity index (χ1) is 8.70. The van der Waals surface area contributed by atoms with Crippen molar-refractivity contribution in [3.8, 4) is 0 Å². The zero-order valence-electron chi connectivity index (χ0n) is 10.3. The molecule has 0 bridgehead atoms. The third-order valence-corrected chi connectivity index (χ3v) is 3.12. The number of nitrogens with zero attached hydrogens (tertiary/aromatic N) is 2. The number of aromatic nitrogens is 1. The van der Waals surface area contributed by atoms with E-state index in [-0.39, 0.29) is 6.03 Å². The van der Waals surface area contributed by atoms with Crippen LogP contribution in [0.5, 0.6) is 0 Å². The molecule has 1 aliphatic rings. The molecule has 2 heterocycles. The van der Waals surface area contributed by atoms with Crippen molar-refractivity contribution in [1.82, 2.24) is 15.2 Å². The lowest BCUT2D eigenvalue weighted by atomic mass is 9.93. The second-order valence-corrected chi connectivity index (χ2v) is 4.40. The Morgan fingerprint density at radius 2 is 2.39 bits per heavy atom. The highest BCUT2D eigenvalue weighted by Crippen LogP contribution is 2.22. The van der Waals surface area contributed by atoms with Gasteiger partial charge in [-0.2, -0.15) is 0 Å². The molecule has 0 atom stereocenters. The van der Waals surface area contributed by atoms with E-state index in [1.165, 1.54) is 0 Å². The van der Waals surface area contributed by atoms with Crippen LogP contribution in [0.25, 0.3) is 0 Å². The van der Waals surface area contributed by atoms with E-state index < -0.39 is 0 Å². The Morgan fingerprint density at radius 3 is 3.00 bits per heavy atom. The number of carbonyl (C=O) groups is 1. The topological polar surface area (TPSA) is 45.2 Å². The van der Waals surface area contributed by atoms with Crippen molar-refractivity contribution in [3.63, 3.8) is 0 Å². The lowest BCUT2D eigenvalue weighted by molar-refractivity contribution is 0.138. The van der Waals surface area contributed by atoms with Crippen LogP contribution >= 0.6 is 0 Å². The summed E-state index contributed by atoms with van der Waals surface area (Å²) >= 11 is 0. The first-order valence-corrected chi connectivity index (χ1v) is 5.93. The zero-order valence-corrected chi connectivity index (χ0v) is 10.3. The molecule has 1 aromatic rings. The molecule has 0 saturated carbocycles. The molecule has 0 aromatic carbocycles. The smallest absolute Gasteiger partial charge is 0.317 e. The zero-order chi connectivity index (χ0) is 13.0. The van der Waals surface area contributed by atoms with Crippen molar-refractivity contribution < 1.29 is 4.79 Å². The molecule has 18 heavy (non-hydrogen) atoms. The van der Waals surface area contributed by atoms with Gasteiger partial charge in [0, 0.05) is 37.9 Å². The van der Waals surface area contributed by atoms with Crippen molar-refractivity contribution in [2.45, 2.75) is 6.54 Å². The Morgan fingerprint density at radius 1 is 1.61 bits per heavy atom. The van der Waals surface area contributed by atoms with Gasteiger partial charge >= 0.3 is 6.03 Å². The minimum Gasteiger partial charge on any atom is -0.334 e. The summed E-state index contributed by atoms with van der Waals surface area (Å²) in [6.45, 7) is 9.54. The summed E-state index contributed by atoms with van der Waals surface area (Å²) in [5.74, 6) is 0.367. The van der Waals surface area contributed by atoms with E-state index in [0.29, 0.717) is 12.5 Å². The predicted octanol–water partition coefficient (Wildman–Crippen LogP) is 1.97. The molecule has 2 amide bonds. The Kier molecular flexibility index (Phi) is 3.77. The third-order valence-electron chi connectivity index (χ3n) is 3.12. The Bertz CT molecular complexity index is 449. The molecule has 0 aliphatic carbocycles. The van der Waals surface area contributed by atoms with Crippen LogP contribution in [-0.2, 0) is 6.54 Å². The van der Waals surface area contributed by atoms with Crippen LogP contribution in [0.1, 0.15) is 5.56 Å². The number of rotatable bonds is 4. The SMILES string of the molecule is C=CC(=C)C1CN(C(=O)NCc2cccnc2)C1. The maximum absolute atomic E-state index is 11.8. The molecule has 94 valence electrons. The van der Waals surface area contributed by atoms with Gasteiger partial charge in [-0.3, -0.25) is 4.98 Å². The fraction of sp³-hybridized carbons (Fsp3) is 0.286. The highest BCUT2D eigenvalue weighted by molar-refractivity contribution is 5.75. The van der Waals surface area contributed by atoms with Crippen molar-refractivity contribution in [1.29, 1.82) is 0 Å². The molecule has 2 rings (SSSR count). The molecular weight excluding hydrogens is 226 g/mol. The van der Waals surface area contributed by atoms with Crippen LogP contribution in [0.15, 0.2) is 49.3 Å². The number of urea groups is 1. The Balaban J connectivity index is 1.74. The van der Waals surface area contributed by atoms with Crippen molar-refractivity contribution in [2.75, 3.05) is 13.1 Å². The summed E-state index contributed by atoms with van der Waals surface area (Å²) in [5, 5.41) is 2.87. The van der Waals surface area contributed by atoms with Crippen LogP contribution in [0.3, 0.4) is 0 Å². The normalized spacial score (nSPS) is 14.8. The first-order valence-electron chi connectivity index (χ1n) is 5.93. The van der Waals surface area contributed by atoms with E-state index in [1.807, 2.05) is 12.1 Å². The van der Waals surface area contributed by atoms with Crippen LogP contribution in [0.2, 0.25) is 0 Å². The summed E-state index contributed by atoms with van der Waals surface area (Å²) in [4.78, 5) is 17.6. The van der Waals surface area contributed by atoms with E-state index >= 15 is 0 Å². The average molecular weight is 243 g/mol. The van der Waals surface area contributed by atoms with E-state index in [0.717, 1.165) is 24.2 Å². The van der Waals surface area contributed by atoms with Gasteiger partial charge in [0.05, 0.1) is 0 Å². The summed E-state index contributed by atoms with van der Waals surface area (Å²) in [5.41, 5.74) is 2.00. The molecule has 1 aliphatic heterocycles. The second kappa shape index (κ2) is 5.49. The summed E-state index contributed by atoms with van der Waals surface area (Å²) in [6, 6.07) is 3.76. The highest BCUT2D eigenvalue weighted by Gasteiger charge is 2.31. The number of nitrogens with one attached hydrogen (secondary N) is 1. The monoisotopic (exact) mass is 243 g/mol. The second-order valence-electron chi connectivity index (χ2n) is 4.40. The first kappa shape index (κ1) is 12.4. The van der Waals surface area contributed by atoms with Gasteiger partial charge in [-0.05, 0) is 17.2 Å². The van der Waals surface area contributed by atoms with Gasteiger partial charge in [0.1, 0.15) is 0 Å². The molecule has 0 unspecified atom stereocenters. The number of allylic oxidation sites excluding steroid dienone is 1. The third kappa shape index (κ3) is 2.77. The van der Waals surface area contributed by atoms with Gasteiger partial charge < -0.3 is 10.2 Å². The van der Waals surface area contributed by atoms with Crippen molar-refractivity contribution in [3.05, 3.63) is 54.9 Å². The van der Waals surface area contributed by atoms with Crippen molar-refractivity contribution >= 4 is 6.03 Å². The fourth-order valence-corrected chi connectivity index (χ4v) is 1.84. The van der Waals surface area contributed by atoms with E-state index in [2.05, 4.69) is 23.5 Å². The van der Waals surface area contributed by atoms with E-state index in [1.54, 1.807) is 23.4 Å². The van der Waals surface area contributed by atoms with Gasteiger partial charge in [0.15, 0.2) is 0 Å². The number of hydrogen-bond acceptors (Lipinski definition) is 2. The fourth-order valence-electron chi connectivity index (χ4n) is 1.84. The number of hydrogen-bond donors (Lipinski definition) is 1. The molecule has 1 aromatic heterocycles. The quantitative estimate of drug-likeness (QED) is 0.822. The predicted molar refractivity (Wildman–Crippen MR) is 70.9 cm³/mol. The van der Waals surface area contributed by atoms with Gasteiger partial charge in [0.25, 0.3) is 0 Å². The average Bonchev–Trinajstić information content (AvgIpc) is 2.35. The number of pyridine rings is 1. The summed E-state index contributed by atoms with van der Waals surface area (Å²) < 4.78 is 0. The van der Waals surface area contributed by atoms with Gasteiger partial charge in [-0.25, -0.2) is 4.79 Å².